The molecule has 1 aromatic carbocycles. The zero-order chi connectivity index (χ0) is 12.0. The Bertz CT molecular complexity index is 357. The smallest absolute Gasteiger partial charge is 0.221 e. The van der Waals surface area contributed by atoms with Crippen molar-refractivity contribution < 1.29 is 4.79 Å². The van der Waals surface area contributed by atoms with Crippen molar-refractivity contribution in [3.8, 4) is 0 Å². The van der Waals surface area contributed by atoms with Crippen molar-refractivity contribution in [2.45, 2.75) is 12.5 Å². The lowest BCUT2D eigenvalue weighted by molar-refractivity contribution is -0.120. The molecule has 4 nitrogen and oxygen atoms in total. The molecular weight excluding hydrogens is 226 g/mol. The Morgan fingerprint density at radius 1 is 1.56 bits per heavy atom. The Hall–Kier alpha value is -1.26. The van der Waals surface area contributed by atoms with Crippen LogP contribution >= 0.6 is 11.6 Å². The number of carbonyl (C=O) groups excluding carboxylic acids is 1. The number of anilines is 1. The number of nitrogens with one attached hydrogen (secondary N) is 2. The predicted molar refractivity (Wildman–Crippen MR) is 66.6 cm³/mol. The largest absolute Gasteiger partial charge is 0.380 e. The average Bonchev–Trinajstić information content (AvgIpc) is 2.28. The van der Waals surface area contributed by atoms with Gasteiger partial charge in [-0.15, -0.1) is 0 Å². The lowest BCUT2D eigenvalue weighted by Gasteiger charge is -2.17. The molecule has 4 N–H and O–H groups in total. The number of rotatable bonds is 5. The fourth-order valence-electron chi connectivity index (χ4n) is 1.33. The van der Waals surface area contributed by atoms with Gasteiger partial charge in [0.15, 0.2) is 0 Å². The minimum absolute atomic E-state index is 0.0371. The SMILES string of the molecule is CNC(=O)CC(CN)Nc1cccc(Cl)c1. The molecule has 0 bridgehead atoms. The minimum atomic E-state index is -0.0848. The molecule has 0 aromatic heterocycles. The predicted octanol–water partition coefficient (Wildman–Crippen LogP) is 1.22. The highest BCUT2D eigenvalue weighted by molar-refractivity contribution is 6.30. The lowest BCUT2D eigenvalue weighted by atomic mass is 10.2. The van der Waals surface area contributed by atoms with Crippen molar-refractivity contribution in [1.82, 2.24) is 5.32 Å². The van der Waals surface area contributed by atoms with Crippen LogP contribution in [-0.4, -0.2) is 25.5 Å². The fraction of sp³-hybridized carbons (Fsp3) is 0.364. The maximum absolute atomic E-state index is 11.2. The summed E-state index contributed by atoms with van der Waals surface area (Å²) in [5.74, 6) is -0.0371. The highest BCUT2D eigenvalue weighted by Gasteiger charge is 2.10. The van der Waals surface area contributed by atoms with Crippen molar-refractivity contribution in [3.05, 3.63) is 29.3 Å². The molecule has 0 spiro atoms. The second-order valence-electron chi connectivity index (χ2n) is 3.46. The molecule has 0 saturated heterocycles. The monoisotopic (exact) mass is 241 g/mol. The normalized spacial score (nSPS) is 11.9. The van der Waals surface area contributed by atoms with Gasteiger partial charge in [-0.25, -0.2) is 0 Å². The molecule has 16 heavy (non-hydrogen) atoms. The summed E-state index contributed by atoms with van der Waals surface area (Å²) in [6.07, 6.45) is 0.347. The van der Waals surface area contributed by atoms with E-state index in [1.165, 1.54) is 0 Å². The molecule has 1 aromatic rings. The third-order valence-electron chi connectivity index (χ3n) is 2.19. The number of nitrogens with two attached hydrogens (primary N) is 1. The minimum Gasteiger partial charge on any atom is -0.380 e. The van der Waals surface area contributed by atoms with Crippen LogP contribution in [0.25, 0.3) is 0 Å². The molecule has 5 heteroatoms. The first kappa shape index (κ1) is 12.8. The van der Waals surface area contributed by atoms with Crippen molar-refractivity contribution in [2.75, 3.05) is 18.9 Å². The van der Waals surface area contributed by atoms with Crippen molar-refractivity contribution in [3.63, 3.8) is 0 Å². The third-order valence-corrected chi connectivity index (χ3v) is 2.43. The molecule has 1 unspecified atom stereocenters. The van der Waals surface area contributed by atoms with Crippen LogP contribution in [0.1, 0.15) is 6.42 Å². The Balaban J connectivity index is 2.59. The summed E-state index contributed by atoms with van der Waals surface area (Å²) < 4.78 is 0. The first-order valence-electron chi connectivity index (χ1n) is 5.08. The molecule has 0 radical (unpaired) electrons. The highest BCUT2D eigenvalue weighted by Crippen LogP contribution is 2.16. The van der Waals surface area contributed by atoms with Gasteiger partial charge in [0.1, 0.15) is 0 Å². The number of hydrogen-bond acceptors (Lipinski definition) is 3. The van der Waals surface area contributed by atoms with E-state index in [9.17, 15) is 4.79 Å². The Morgan fingerprint density at radius 2 is 2.31 bits per heavy atom. The van der Waals surface area contributed by atoms with Crippen molar-refractivity contribution in [2.24, 2.45) is 5.73 Å². The van der Waals surface area contributed by atoms with E-state index in [0.29, 0.717) is 18.0 Å². The van der Waals surface area contributed by atoms with Crippen molar-refractivity contribution >= 4 is 23.2 Å². The molecule has 0 fully saturated rings. The molecule has 1 rings (SSSR count). The van der Waals surface area contributed by atoms with Gasteiger partial charge in [-0.2, -0.15) is 0 Å². The molecule has 0 aliphatic carbocycles. The molecule has 1 atom stereocenters. The zero-order valence-electron chi connectivity index (χ0n) is 9.16. The van der Waals surface area contributed by atoms with Gasteiger partial charge >= 0.3 is 0 Å². The first-order chi connectivity index (χ1) is 7.65. The van der Waals surface area contributed by atoms with Gasteiger partial charge in [-0.1, -0.05) is 17.7 Å². The van der Waals surface area contributed by atoms with Crippen LogP contribution in [0.2, 0.25) is 5.02 Å². The molecule has 88 valence electrons. The van der Waals surface area contributed by atoms with Crippen LogP contribution in [0.5, 0.6) is 0 Å². The van der Waals surface area contributed by atoms with Crippen LogP contribution < -0.4 is 16.4 Å². The van der Waals surface area contributed by atoms with Gasteiger partial charge in [-0.3, -0.25) is 4.79 Å². The Labute approximate surface area is 100 Å². The lowest BCUT2D eigenvalue weighted by Crippen LogP contribution is -2.34. The molecule has 0 aliphatic heterocycles. The van der Waals surface area contributed by atoms with Gasteiger partial charge in [0.2, 0.25) is 5.91 Å². The maximum atomic E-state index is 11.2. The topological polar surface area (TPSA) is 67.2 Å². The van der Waals surface area contributed by atoms with Gasteiger partial charge in [0.05, 0.1) is 0 Å². The van der Waals surface area contributed by atoms with E-state index in [4.69, 9.17) is 17.3 Å². The Kier molecular flexibility index (Phi) is 5.08. The summed E-state index contributed by atoms with van der Waals surface area (Å²) in [7, 11) is 1.61. The number of halogens is 1. The van der Waals surface area contributed by atoms with E-state index < -0.39 is 0 Å². The highest BCUT2D eigenvalue weighted by atomic mass is 35.5. The van der Waals surface area contributed by atoms with Gasteiger partial charge in [0.25, 0.3) is 0 Å². The second kappa shape index (κ2) is 6.35. The van der Waals surface area contributed by atoms with E-state index >= 15 is 0 Å². The van der Waals surface area contributed by atoms with E-state index in [-0.39, 0.29) is 11.9 Å². The number of hydrogen-bond donors (Lipinski definition) is 3. The summed E-state index contributed by atoms with van der Waals surface area (Å²) in [6.45, 7) is 0.389. The van der Waals surface area contributed by atoms with Crippen LogP contribution in [-0.2, 0) is 4.79 Å². The zero-order valence-corrected chi connectivity index (χ0v) is 9.92. The first-order valence-corrected chi connectivity index (χ1v) is 5.46. The van der Waals surface area contributed by atoms with E-state index in [0.717, 1.165) is 5.69 Å². The fourth-order valence-corrected chi connectivity index (χ4v) is 1.52. The summed E-state index contributed by atoms with van der Waals surface area (Å²) in [5, 5.41) is 6.38. The van der Waals surface area contributed by atoms with Crippen LogP contribution in [0.3, 0.4) is 0 Å². The molecular formula is C11H16ClN3O. The summed E-state index contributed by atoms with van der Waals surface area (Å²) >= 11 is 5.85. The maximum Gasteiger partial charge on any atom is 0.221 e. The van der Waals surface area contributed by atoms with Gasteiger partial charge < -0.3 is 16.4 Å². The van der Waals surface area contributed by atoms with E-state index in [2.05, 4.69) is 10.6 Å². The molecule has 0 heterocycles. The number of amides is 1. The summed E-state index contributed by atoms with van der Waals surface area (Å²) in [4.78, 5) is 11.2. The van der Waals surface area contributed by atoms with Crippen LogP contribution in [0.15, 0.2) is 24.3 Å². The van der Waals surface area contributed by atoms with Crippen LogP contribution in [0, 0.1) is 0 Å². The van der Waals surface area contributed by atoms with Gasteiger partial charge in [-0.05, 0) is 18.2 Å². The summed E-state index contributed by atoms with van der Waals surface area (Å²) in [5.41, 5.74) is 6.45. The molecule has 1 amide bonds. The quantitative estimate of drug-likeness (QED) is 0.726. The van der Waals surface area contributed by atoms with Gasteiger partial charge in [0, 0.05) is 36.8 Å². The summed E-state index contributed by atoms with van der Waals surface area (Å²) in [6, 6.07) is 7.24. The van der Waals surface area contributed by atoms with Crippen LogP contribution in [0.4, 0.5) is 5.69 Å². The van der Waals surface area contributed by atoms with E-state index in [1.54, 1.807) is 19.2 Å². The molecule has 0 saturated carbocycles. The standard InChI is InChI=1S/C11H16ClN3O/c1-14-11(16)6-10(7-13)15-9-4-2-3-8(12)5-9/h2-5,10,15H,6-7,13H2,1H3,(H,14,16). The van der Waals surface area contributed by atoms with Crippen molar-refractivity contribution in [1.29, 1.82) is 0 Å². The Morgan fingerprint density at radius 3 is 2.88 bits per heavy atom. The number of benzene rings is 1. The number of carbonyl (C=O) groups is 1. The molecule has 0 aliphatic rings. The third kappa shape index (κ3) is 4.08. The second-order valence-corrected chi connectivity index (χ2v) is 3.90. The van der Waals surface area contributed by atoms with E-state index in [1.807, 2.05) is 12.1 Å². The average molecular weight is 242 g/mol.